The molecule has 1 aliphatic heterocycles. The molecular weight excluding hydrogens is 358 g/mol. The molecular formula is C19H23N7O2. The minimum atomic E-state index is -0.190. The Kier molecular flexibility index (Phi) is 5.31. The lowest BCUT2D eigenvalue weighted by Gasteiger charge is -2.31. The first-order valence-corrected chi connectivity index (χ1v) is 9.50. The summed E-state index contributed by atoms with van der Waals surface area (Å²) in [7, 11) is 0. The Morgan fingerprint density at radius 3 is 2.68 bits per heavy atom. The van der Waals surface area contributed by atoms with Crippen LogP contribution in [0.15, 0.2) is 47.8 Å². The summed E-state index contributed by atoms with van der Waals surface area (Å²) in [6, 6.07) is 9.88. The number of carbonyl (C=O) groups is 1. The summed E-state index contributed by atoms with van der Waals surface area (Å²) in [6.07, 6.45) is 5.09. The molecule has 28 heavy (non-hydrogen) atoms. The van der Waals surface area contributed by atoms with Crippen molar-refractivity contribution in [1.29, 1.82) is 0 Å². The van der Waals surface area contributed by atoms with Gasteiger partial charge in [-0.2, -0.15) is 10.2 Å². The number of piperidine rings is 1. The van der Waals surface area contributed by atoms with Crippen LogP contribution in [0.4, 0.5) is 0 Å². The summed E-state index contributed by atoms with van der Waals surface area (Å²) in [6.45, 7) is 2.39. The van der Waals surface area contributed by atoms with Gasteiger partial charge < -0.3 is 4.90 Å². The second-order valence-corrected chi connectivity index (χ2v) is 7.02. The van der Waals surface area contributed by atoms with Gasteiger partial charge in [-0.3, -0.25) is 14.0 Å². The quantitative estimate of drug-likeness (QED) is 0.687. The van der Waals surface area contributed by atoms with Gasteiger partial charge in [0.15, 0.2) is 0 Å². The van der Waals surface area contributed by atoms with Crippen LogP contribution in [0.1, 0.15) is 36.6 Å². The Morgan fingerprint density at radius 2 is 1.96 bits per heavy atom. The van der Waals surface area contributed by atoms with Crippen LogP contribution < -0.4 is 5.69 Å². The van der Waals surface area contributed by atoms with E-state index in [2.05, 4.69) is 20.3 Å². The number of hydrogen-bond acceptors (Lipinski definition) is 5. The number of amides is 1. The van der Waals surface area contributed by atoms with E-state index in [9.17, 15) is 9.59 Å². The van der Waals surface area contributed by atoms with Crippen molar-refractivity contribution < 1.29 is 4.79 Å². The van der Waals surface area contributed by atoms with Crippen molar-refractivity contribution in [2.24, 2.45) is 0 Å². The van der Waals surface area contributed by atoms with Gasteiger partial charge >= 0.3 is 5.69 Å². The molecule has 0 bridgehead atoms. The minimum Gasteiger partial charge on any atom is -0.343 e. The number of benzene rings is 1. The Balaban J connectivity index is 1.36. The van der Waals surface area contributed by atoms with Gasteiger partial charge in [-0.15, -0.1) is 0 Å². The molecule has 4 rings (SSSR count). The van der Waals surface area contributed by atoms with E-state index in [0.29, 0.717) is 32.6 Å². The molecule has 9 nitrogen and oxygen atoms in total. The van der Waals surface area contributed by atoms with Gasteiger partial charge in [0.2, 0.25) is 5.91 Å². The van der Waals surface area contributed by atoms with Gasteiger partial charge in [0.25, 0.3) is 0 Å². The first-order chi connectivity index (χ1) is 13.7. The molecule has 3 heterocycles. The molecule has 9 heteroatoms. The van der Waals surface area contributed by atoms with Gasteiger partial charge in [0.1, 0.15) is 18.5 Å². The van der Waals surface area contributed by atoms with E-state index < -0.39 is 0 Å². The minimum absolute atomic E-state index is 0.123. The molecule has 0 aliphatic carbocycles. The molecule has 146 valence electrons. The number of aromatic amines is 1. The highest BCUT2D eigenvalue weighted by molar-refractivity contribution is 5.76. The fraction of sp³-hybridized carbons (Fsp3) is 0.421. The number of rotatable bonds is 6. The second kappa shape index (κ2) is 8.20. The largest absolute Gasteiger partial charge is 0.343 e. The highest BCUT2D eigenvalue weighted by Gasteiger charge is 2.27. The smallest absolute Gasteiger partial charge is 0.343 e. The maximum absolute atomic E-state index is 12.4. The molecule has 1 fully saturated rings. The number of aromatic nitrogens is 6. The Morgan fingerprint density at radius 1 is 1.18 bits per heavy atom. The van der Waals surface area contributed by atoms with Crippen LogP contribution in [0.5, 0.6) is 0 Å². The third kappa shape index (κ3) is 4.03. The van der Waals surface area contributed by atoms with Crippen molar-refractivity contribution in [3.8, 4) is 0 Å². The molecule has 0 atom stereocenters. The normalized spacial score (nSPS) is 15.1. The zero-order valence-electron chi connectivity index (χ0n) is 15.6. The van der Waals surface area contributed by atoms with Gasteiger partial charge in [0.05, 0.1) is 13.1 Å². The standard InChI is InChI=1S/C19H23N7O2/c27-17(8-11-25-14-20-13-21-25)24-9-6-16(7-10-24)18-22-23-19(28)26(18)12-15-4-2-1-3-5-15/h1-5,13-14,16H,6-12H2,(H,23,28). The molecule has 1 aliphatic rings. The SMILES string of the molecule is O=C(CCn1cncn1)N1CCC(c2n[nH]c(=O)n2Cc2ccccc2)CC1. The lowest BCUT2D eigenvalue weighted by atomic mass is 9.95. The first kappa shape index (κ1) is 18.1. The van der Waals surface area contributed by atoms with Crippen molar-refractivity contribution in [2.75, 3.05) is 13.1 Å². The molecule has 1 N–H and O–H groups in total. The second-order valence-electron chi connectivity index (χ2n) is 7.02. The maximum Gasteiger partial charge on any atom is 0.343 e. The average molecular weight is 381 g/mol. The van der Waals surface area contributed by atoms with Crippen LogP contribution in [-0.4, -0.2) is 53.4 Å². The number of hydrogen-bond donors (Lipinski definition) is 1. The number of nitrogens with zero attached hydrogens (tertiary/aromatic N) is 6. The van der Waals surface area contributed by atoms with Crippen molar-refractivity contribution >= 4 is 5.91 Å². The van der Waals surface area contributed by atoms with Gasteiger partial charge in [0, 0.05) is 25.4 Å². The van der Waals surface area contributed by atoms with Crippen molar-refractivity contribution in [2.45, 2.75) is 38.3 Å². The van der Waals surface area contributed by atoms with E-state index in [1.807, 2.05) is 35.2 Å². The number of likely N-dealkylation sites (tertiary alicyclic amines) is 1. The van der Waals surface area contributed by atoms with Crippen LogP contribution in [0, 0.1) is 0 Å². The fourth-order valence-electron chi connectivity index (χ4n) is 3.66. The van der Waals surface area contributed by atoms with Crippen LogP contribution in [0.25, 0.3) is 0 Å². The molecule has 1 saturated heterocycles. The van der Waals surface area contributed by atoms with E-state index in [0.717, 1.165) is 24.2 Å². The van der Waals surface area contributed by atoms with E-state index in [1.165, 1.54) is 6.33 Å². The number of H-pyrrole nitrogens is 1. The van der Waals surface area contributed by atoms with Gasteiger partial charge in [-0.05, 0) is 18.4 Å². The van der Waals surface area contributed by atoms with Gasteiger partial charge in [-0.25, -0.2) is 14.9 Å². The Labute approximate surface area is 162 Å². The predicted octanol–water partition coefficient (Wildman–Crippen LogP) is 1.01. The van der Waals surface area contributed by atoms with Crippen molar-refractivity contribution in [3.63, 3.8) is 0 Å². The fourth-order valence-corrected chi connectivity index (χ4v) is 3.66. The summed E-state index contributed by atoms with van der Waals surface area (Å²) in [5, 5.41) is 10.9. The first-order valence-electron chi connectivity index (χ1n) is 9.50. The lowest BCUT2D eigenvalue weighted by molar-refractivity contribution is -0.132. The Bertz CT molecular complexity index is 954. The predicted molar refractivity (Wildman–Crippen MR) is 102 cm³/mol. The third-order valence-electron chi connectivity index (χ3n) is 5.21. The summed E-state index contributed by atoms with van der Waals surface area (Å²) in [4.78, 5) is 30.4. The number of carbonyl (C=O) groups excluding carboxylic acids is 1. The van der Waals surface area contributed by atoms with E-state index >= 15 is 0 Å². The van der Waals surface area contributed by atoms with E-state index in [-0.39, 0.29) is 17.5 Å². The molecule has 0 radical (unpaired) electrons. The van der Waals surface area contributed by atoms with Crippen LogP contribution >= 0.6 is 0 Å². The van der Waals surface area contributed by atoms with Gasteiger partial charge in [-0.1, -0.05) is 30.3 Å². The van der Waals surface area contributed by atoms with Crippen LogP contribution in [-0.2, 0) is 17.9 Å². The molecule has 0 spiro atoms. The highest BCUT2D eigenvalue weighted by atomic mass is 16.2. The maximum atomic E-state index is 12.4. The number of aryl methyl sites for hydroxylation is 1. The summed E-state index contributed by atoms with van der Waals surface area (Å²) < 4.78 is 3.37. The third-order valence-corrected chi connectivity index (χ3v) is 5.21. The Hall–Kier alpha value is -3.23. The monoisotopic (exact) mass is 381 g/mol. The average Bonchev–Trinajstić information content (AvgIpc) is 3.38. The molecule has 0 unspecified atom stereocenters. The molecule has 1 amide bonds. The van der Waals surface area contributed by atoms with Crippen LogP contribution in [0.3, 0.4) is 0 Å². The van der Waals surface area contributed by atoms with E-state index in [4.69, 9.17) is 0 Å². The zero-order chi connectivity index (χ0) is 19.3. The summed E-state index contributed by atoms with van der Waals surface area (Å²) in [5.41, 5.74) is 0.873. The summed E-state index contributed by atoms with van der Waals surface area (Å²) in [5.74, 6) is 1.07. The number of nitrogens with one attached hydrogen (secondary N) is 1. The highest BCUT2D eigenvalue weighted by Crippen LogP contribution is 2.26. The molecule has 0 saturated carbocycles. The molecule has 2 aromatic heterocycles. The van der Waals surface area contributed by atoms with Crippen molar-refractivity contribution in [3.05, 3.63) is 64.9 Å². The topological polar surface area (TPSA) is 102 Å². The van der Waals surface area contributed by atoms with E-state index in [1.54, 1.807) is 15.6 Å². The van der Waals surface area contributed by atoms with Crippen molar-refractivity contribution in [1.82, 2.24) is 34.4 Å². The summed E-state index contributed by atoms with van der Waals surface area (Å²) >= 11 is 0. The lowest BCUT2D eigenvalue weighted by Crippen LogP contribution is -2.39. The zero-order valence-corrected chi connectivity index (χ0v) is 15.6. The molecule has 3 aromatic rings. The van der Waals surface area contributed by atoms with Crippen LogP contribution in [0.2, 0.25) is 0 Å². The molecule has 1 aromatic carbocycles.